The SMILES string of the molecule is Cc1cc(Nc2ccc(N3CCN(C(=O)c4cccs4)CC3)c(Cl)c2)n2nc(-c3ccccc3)nc2n1. The molecule has 1 fully saturated rings. The number of nitrogens with one attached hydrogen (secondary N) is 1. The van der Waals surface area contributed by atoms with Gasteiger partial charge in [-0.1, -0.05) is 48.0 Å². The molecule has 4 heterocycles. The second-order valence-electron chi connectivity index (χ2n) is 8.84. The number of halogens is 1. The standard InChI is InChI=1S/C27H24ClN7OS/c1-18-16-24(35-27(29-18)31-25(32-35)19-6-3-2-4-7-19)30-20-9-10-22(21(28)17-20)33-11-13-34(14-12-33)26(36)23-8-5-15-37-23/h2-10,15-17,30H,11-14H2,1H3. The third kappa shape index (κ3) is 4.75. The summed E-state index contributed by atoms with van der Waals surface area (Å²) in [5, 5.41) is 10.7. The Morgan fingerprint density at radius 1 is 0.973 bits per heavy atom. The zero-order chi connectivity index (χ0) is 25.4. The third-order valence-electron chi connectivity index (χ3n) is 6.33. The molecule has 2 aromatic carbocycles. The molecule has 0 saturated carbocycles. The number of anilines is 3. The van der Waals surface area contributed by atoms with Crippen LogP contribution in [0.25, 0.3) is 17.2 Å². The summed E-state index contributed by atoms with van der Waals surface area (Å²) in [6.07, 6.45) is 0. The zero-order valence-corrected chi connectivity index (χ0v) is 21.7. The number of hydrogen-bond acceptors (Lipinski definition) is 7. The molecule has 10 heteroatoms. The summed E-state index contributed by atoms with van der Waals surface area (Å²) in [7, 11) is 0. The number of piperazine rings is 1. The Kier molecular flexibility index (Phi) is 6.23. The van der Waals surface area contributed by atoms with Crippen molar-refractivity contribution in [3.63, 3.8) is 0 Å². The van der Waals surface area contributed by atoms with Crippen LogP contribution in [0, 0.1) is 6.92 Å². The van der Waals surface area contributed by atoms with Crippen molar-refractivity contribution in [3.05, 3.63) is 87.7 Å². The Hall–Kier alpha value is -3.95. The highest BCUT2D eigenvalue weighted by molar-refractivity contribution is 7.12. The van der Waals surface area contributed by atoms with Crippen LogP contribution >= 0.6 is 22.9 Å². The lowest BCUT2D eigenvalue weighted by molar-refractivity contribution is 0.0751. The molecule has 1 aliphatic rings. The zero-order valence-electron chi connectivity index (χ0n) is 20.1. The Balaban J connectivity index is 1.19. The number of nitrogens with zero attached hydrogens (tertiary/aromatic N) is 6. The van der Waals surface area contributed by atoms with Crippen molar-refractivity contribution >= 4 is 51.8 Å². The Morgan fingerprint density at radius 2 is 1.78 bits per heavy atom. The predicted molar refractivity (Wildman–Crippen MR) is 148 cm³/mol. The van der Waals surface area contributed by atoms with Gasteiger partial charge in [-0.15, -0.1) is 16.4 Å². The molecule has 6 rings (SSSR count). The number of aryl methyl sites for hydroxylation is 1. The third-order valence-corrected chi connectivity index (χ3v) is 7.49. The predicted octanol–water partition coefficient (Wildman–Crippen LogP) is 5.52. The molecule has 186 valence electrons. The molecule has 3 aromatic heterocycles. The molecule has 0 aliphatic carbocycles. The summed E-state index contributed by atoms with van der Waals surface area (Å²) in [6, 6.07) is 21.5. The van der Waals surface area contributed by atoms with E-state index < -0.39 is 0 Å². The van der Waals surface area contributed by atoms with Gasteiger partial charge >= 0.3 is 0 Å². The summed E-state index contributed by atoms with van der Waals surface area (Å²) in [4.78, 5) is 26.7. The lowest BCUT2D eigenvalue weighted by Gasteiger charge is -2.36. The van der Waals surface area contributed by atoms with E-state index in [1.807, 2.05) is 83.9 Å². The van der Waals surface area contributed by atoms with Crippen LogP contribution in [0.1, 0.15) is 15.4 Å². The summed E-state index contributed by atoms with van der Waals surface area (Å²) < 4.78 is 1.71. The fraction of sp³-hybridized carbons (Fsp3) is 0.185. The van der Waals surface area contributed by atoms with Gasteiger partial charge in [-0.05, 0) is 36.6 Å². The molecule has 0 bridgehead atoms. The van der Waals surface area contributed by atoms with E-state index in [2.05, 4.69) is 25.3 Å². The van der Waals surface area contributed by atoms with Gasteiger partial charge in [-0.3, -0.25) is 4.79 Å². The molecular weight excluding hydrogens is 506 g/mol. The Bertz CT molecular complexity index is 1560. The maximum Gasteiger partial charge on any atom is 0.264 e. The molecule has 1 saturated heterocycles. The number of carbonyl (C=O) groups excluding carboxylic acids is 1. The fourth-order valence-electron chi connectivity index (χ4n) is 4.48. The van der Waals surface area contributed by atoms with E-state index in [1.54, 1.807) is 4.52 Å². The largest absolute Gasteiger partial charge is 0.367 e. The van der Waals surface area contributed by atoms with Crippen LogP contribution in [0.4, 0.5) is 17.2 Å². The summed E-state index contributed by atoms with van der Waals surface area (Å²) in [5.41, 5.74) is 3.56. The number of amides is 1. The van der Waals surface area contributed by atoms with Crippen LogP contribution in [-0.2, 0) is 0 Å². The van der Waals surface area contributed by atoms with Crippen LogP contribution < -0.4 is 10.2 Å². The fourth-order valence-corrected chi connectivity index (χ4v) is 5.47. The molecule has 0 atom stereocenters. The van der Waals surface area contributed by atoms with Gasteiger partial charge in [0.25, 0.3) is 11.7 Å². The van der Waals surface area contributed by atoms with Gasteiger partial charge in [0, 0.05) is 49.2 Å². The number of carbonyl (C=O) groups is 1. The first kappa shape index (κ1) is 23.4. The Morgan fingerprint density at radius 3 is 2.51 bits per heavy atom. The van der Waals surface area contributed by atoms with Crippen molar-refractivity contribution in [1.82, 2.24) is 24.5 Å². The van der Waals surface area contributed by atoms with E-state index in [9.17, 15) is 4.79 Å². The van der Waals surface area contributed by atoms with Gasteiger partial charge < -0.3 is 15.1 Å². The van der Waals surface area contributed by atoms with Gasteiger partial charge in [-0.25, -0.2) is 4.98 Å². The van der Waals surface area contributed by atoms with Crippen LogP contribution in [0.15, 0.2) is 72.1 Å². The van der Waals surface area contributed by atoms with Crippen molar-refractivity contribution in [2.24, 2.45) is 0 Å². The first-order valence-corrected chi connectivity index (χ1v) is 13.2. The highest BCUT2D eigenvalue weighted by Gasteiger charge is 2.24. The molecule has 1 aliphatic heterocycles. The number of rotatable bonds is 5. The molecule has 1 N–H and O–H groups in total. The number of hydrogen-bond donors (Lipinski definition) is 1. The summed E-state index contributed by atoms with van der Waals surface area (Å²) >= 11 is 8.22. The smallest absolute Gasteiger partial charge is 0.264 e. The molecule has 0 unspecified atom stereocenters. The number of benzene rings is 2. The minimum absolute atomic E-state index is 0.0998. The number of aromatic nitrogens is 4. The molecule has 0 radical (unpaired) electrons. The number of thiophene rings is 1. The normalized spacial score (nSPS) is 13.8. The van der Waals surface area contributed by atoms with E-state index >= 15 is 0 Å². The van der Waals surface area contributed by atoms with E-state index in [4.69, 9.17) is 11.6 Å². The van der Waals surface area contributed by atoms with Crippen molar-refractivity contribution < 1.29 is 4.79 Å². The van der Waals surface area contributed by atoms with E-state index in [0.717, 1.165) is 46.4 Å². The van der Waals surface area contributed by atoms with E-state index in [0.29, 0.717) is 29.7 Å². The summed E-state index contributed by atoms with van der Waals surface area (Å²) in [5.74, 6) is 2.00. The first-order valence-electron chi connectivity index (χ1n) is 12.0. The molecular formula is C27H24ClN7OS. The Labute approximate surface area is 223 Å². The summed E-state index contributed by atoms with van der Waals surface area (Å²) in [6.45, 7) is 4.72. The van der Waals surface area contributed by atoms with Gasteiger partial charge in [-0.2, -0.15) is 9.50 Å². The molecule has 5 aromatic rings. The van der Waals surface area contributed by atoms with Gasteiger partial charge in [0.15, 0.2) is 5.82 Å². The average Bonchev–Trinajstić information content (AvgIpc) is 3.60. The monoisotopic (exact) mass is 529 g/mol. The highest BCUT2D eigenvalue weighted by atomic mass is 35.5. The van der Waals surface area contributed by atoms with E-state index in [1.165, 1.54) is 11.3 Å². The molecule has 37 heavy (non-hydrogen) atoms. The van der Waals surface area contributed by atoms with Crippen LogP contribution in [-0.4, -0.2) is 56.6 Å². The molecule has 1 amide bonds. The van der Waals surface area contributed by atoms with Crippen molar-refractivity contribution in [2.75, 3.05) is 36.4 Å². The van der Waals surface area contributed by atoms with Crippen LogP contribution in [0.3, 0.4) is 0 Å². The minimum atomic E-state index is 0.0998. The topological polar surface area (TPSA) is 78.7 Å². The highest BCUT2D eigenvalue weighted by Crippen LogP contribution is 2.31. The minimum Gasteiger partial charge on any atom is -0.367 e. The van der Waals surface area contributed by atoms with Gasteiger partial charge in [0.1, 0.15) is 5.82 Å². The van der Waals surface area contributed by atoms with Crippen molar-refractivity contribution in [1.29, 1.82) is 0 Å². The molecule has 0 spiro atoms. The van der Waals surface area contributed by atoms with Gasteiger partial charge in [0.05, 0.1) is 15.6 Å². The quantitative estimate of drug-likeness (QED) is 0.323. The average molecular weight is 530 g/mol. The van der Waals surface area contributed by atoms with Crippen LogP contribution in [0.2, 0.25) is 5.02 Å². The van der Waals surface area contributed by atoms with Crippen molar-refractivity contribution in [3.8, 4) is 11.4 Å². The van der Waals surface area contributed by atoms with Gasteiger partial charge in [0.2, 0.25) is 0 Å². The van der Waals surface area contributed by atoms with Crippen molar-refractivity contribution in [2.45, 2.75) is 6.92 Å². The maximum absolute atomic E-state index is 12.7. The molecule has 8 nitrogen and oxygen atoms in total. The number of fused-ring (bicyclic) bond motifs is 1. The second kappa shape index (κ2) is 9.84. The second-order valence-corrected chi connectivity index (χ2v) is 10.2. The van der Waals surface area contributed by atoms with Crippen LogP contribution in [0.5, 0.6) is 0 Å². The maximum atomic E-state index is 12.7. The first-order chi connectivity index (χ1) is 18.0. The lowest BCUT2D eigenvalue weighted by atomic mass is 10.2. The van der Waals surface area contributed by atoms with E-state index in [-0.39, 0.29) is 5.91 Å². The lowest BCUT2D eigenvalue weighted by Crippen LogP contribution is -2.48.